The van der Waals surface area contributed by atoms with Gasteiger partial charge in [0.2, 0.25) is 0 Å². The second-order valence-electron chi connectivity index (χ2n) is 3.16. The molecule has 0 unspecified atom stereocenters. The van der Waals surface area contributed by atoms with Gasteiger partial charge in [-0.3, -0.25) is 10.1 Å². The van der Waals surface area contributed by atoms with Crippen molar-refractivity contribution in [3.05, 3.63) is 32.3 Å². The van der Waals surface area contributed by atoms with Gasteiger partial charge in [-0.05, 0) is 6.07 Å². The molecule has 0 aliphatic carbocycles. The van der Waals surface area contributed by atoms with Gasteiger partial charge in [0.05, 0.1) is 21.6 Å². The molecule has 0 aliphatic rings. The normalized spacial score (nSPS) is 10.2. The van der Waals surface area contributed by atoms with Crippen molar-refractivity contribution >= 4 is 34.6 Å². The molecule has 1 N–H and O–H groups in total. The standard InChI is InChI=1S/C9H10Cl2N2O3/c1-12(2-3-14)8-4-6(10)7(11)5-9(8)13(15)16/h4-5,14H,2-3H2,1H3. The van der Waals surface area contributed by atoms with Crippen LogP contribution in [0.2, 0.25) is 10.0 Å². The predicted octanol–water partition coefficient (Wildman–Crippen LogP) is 2.33. The van der Waals surface area contributed by atoms with E-state index in [2.05, 4.69) is 0 Å². The molecular weight excluding hydrogens is 255 g/mol. The average molecular weight is 265 g/mol. The number of anilines is 1. The molecule has 0 radical (unpaired) electrons. The molecule has 0 aromatic heterocycles. The van der Waals surface area contributed by atoms with Crippen LogP contribution < -0.4 is 4.90 Å². The number of nitro groups is 1. The number of halogens is 2. The summed E-state index contributed by atoms with van der Waals surface area (Å²) in [6.07, 6.45) is 0. The lowest BCUT2D eigenvalue weighted by atomic mass is 10.2. The van der Waals surface area contributed by atoms with Crippen molar-refractivity contribution in [1.82, 2.24) is 0 Å². The van der Waals surface area contributed by atoms with Gasteiger partial charge >= 0.3 is 0 Å². The number of nitrogens with zero attached hydrogens (tertiary/aromatic N) is 2. The molecule has 0 saturated heterocycles. The molecule has 0 aliphatic heterocycles. The Bertz CT molecular complexity index is 412. The van der Waals surface area contributed by atoms with Gasteiger partial charge in [-0.1, -0.05) is 23.2 Å². The van der Waals surface area contributed by atoms with Gasteiger partial charge in [-0.25, -0.2) is 0 Å². The molecule has 1 aromatic rings. The van der Waals surface area contributed by atoms with Gasteiger partial charge < -0.3 is 10.0 Å². The molecule has 16 heavy (non-hydrogen) atoms. The third kappa shape index (κ3) is 2.75. The van der Waals surface area contributed by atoms with Gasteiger partial charge in [-0.2, -0.15) is 0 Å². The van der Waals surface area contributed by atoms with E-state index in [9.17, 15) is 10.1 Å². The van der Waals surface area contributed by atoms with Crippen LogP contribution in [0.3, 0.4) is 0 Å². The molecule has 0 heterocycles. The van der Waals surface area contributed by atoms with Gasteiger partial charge in [0.25, 0.3) is 5.69 Å². The quantitative estimate of drug-likeness (QED) is 0.670. The van der Waals surface area contributed by atoms with Crippen molar-refractivity contribution in [1.29, 1.82) is 0 Å². The van der Waals surface area contributed by atoms with E-state index >= 15 is 0 Å². The molecule has 0 spiro atoms. The van der Waals surface area contributed by atoms with Gasteiger partial charge in [0, 0.05) is 19.7 Å². The fourth-order valence-electron chi connectivity index (χ4n) is 1.25. The summed E-state index contributed by atoms with van der Waals surface area (Å²) in [6, 6.07) is 2.62. The number of benzene rings is 1. The zero-order valence-electron chi connectivity index (χ0n) is 8.48. The summed E-state index contributed by atoms with van der Waals surface area (Å²) < 4.78 is 0. The van der Waals surface area contributed by atoms with Crippen LogP contribution in [0.4, 0.5) is 11.4 Å². The van der Waals surface area contributed by atoms with Crippen LogP contribution in [0.15, 0.2) is 12.1 Å². The first-order valence-corrected chi connectivity index (χ1v) is 5.18. The summed E-state index contributed by atoms with van der Waals surface area (Å²) in [7, 11) is 1.63. The molecule has 0 amide bonds. The van der Waals surface area contributed by atoms with Crippen molar-refractivity contribution in [2.45, 2.75) is 0 Å². The van der Waals surface area contributed by atoms with Crippen LogP contribution in [0.1, 0.15) is 0 Å². The summed E-state index contributed by atoms with van der Waals surface area (Å²) in [5.41, 5.74) is 0.193. The smallest absolute Gasteiger partial charge is 0.294 e. The van der Waals surface area contributed by atoms with Crippen LogP contribution >= 0.6 is 23.2 Å². The number of likely N-dealkylation sites (N-methyl/N-ethyl adjacent to an activating group) is 1. The average Bonchev–Trinajstić information content (AvgIpc) is 2.21. The highest BCUT2D eigenvalue weighted by molar-refractivity contribution is 6.42. The van der Waals surface area contributed by atoms with Crippen molar-refractivity contribution in [3.8, 4) is 0 Å². The SMILES string of the molecule is CN(CCO)c1cc(Cl)c(Cl)cc1[N+](=O)[O-]. The molecule has 88 valence electrons. The lowest BCUT2D eigenvalue weighted by Gasteiger charge is -2.18. The molecule has 1 rings (SSSR count). The maximum atomic E-state index is 10.8. The van der Waals surface area contributed by atoms with Crippen molar-refractivity contribution in [2.24, 2.45) is 0 Å². The molecule has 7 heteroatoms. The Morgan fingerprint density at radius 1 is 1.44 bits per heavy atom. The van der Waals surface area contributed by atoms with Gasteiger partial charge in [0.1, 0.15) is 5.69 Å². The number of nitro benzene ring substituents is 1. The minimum atomic E-state index is -0.536. The lowest BCUT2D eigenvalue weighted by molar-refractivity contribution is -0.384. The molecule has 1 aromatic carbocycles. The first-order chi connectivity index (χ1) is 7.47. The van der Waals surface area contributed by atoms with Crippen LogP contribution in [-0.4, -0.2) is 30.2 Å². The van der Waals surface area contributed by atoms with E-state index in [4.69, 9.17) is 28.3 Å². The number of hydrogen-bond acceptors (Lipinski definition) is 4. The van der Waals surface area contributed by atoms with E-state index in [1.54, 1.807) is 11.9 Å². The number of aliphatic hydroxyl groups excluding tert-OH is 1. The summed E-state index contributed by atoms with van der Waals surface area (Å²) >= 11 is 11.5. The van der Waals surface area contributed by atoms with Crippen molar-refractivity contribution in [3.63, 3.8) is 0 Å². The summed E-state index contributed by atoms with van der Waals surface area (Å²) in [6.45, 7) is 0.173. The van der Waals surface area contributed by atoms with E-state index < -0.39 is 4.92 Å². The summed E-state index contributed by atoms with van der Waals surface area (Å²) in [5.74, 6) is 0. The summed E-state index contributed by atoms with van der Waals surface area (Å²) in [4.78, 5) is 11.8. The van der Waals surface area contributed by atoms with Crippen LogP contribution in [0.25, 0.3) is 0 Å². The maximum absolute atomic E-state index is 10.8. The van der Waals surface area contributed by atoms with Gasteiger partial charge in [-0.15, -0.1) is 0 Å². The van der Waals surface area contributed by atoms with Crippen LogP contribution in [-0.2, 0) is 0 Å². The maximum Gasteiger partial charge on any atom is 0.294 e. The fraction of sp³-hybridized carbons (Fsp3) is 0.333. The highest BCUT2D eigenvalue weighted by atomic mass is 35.5. The monoisotopic (exact) mass is 264 g/mol. The Morgan fingerprint density at radius 3 is 2.50 bits per heavy atom. The molecule has 0 bridgehead atoms. The largest absolute Gasteiger partial charge is 0.395 e. The first kappa shape index (κ1) is 13.0. The Morgan fingerprint density at radius 2 is 2.00 bits per heavy atom. The van der Waals surface area contributed by atoms with E-state index in [1.165, 1.54) is 12.1 Å². The summed E-state index contributed by atoms with van der Waals surface area (Å²) in [5, 5.41) is 20.0. The Balaban J connectivity index is 3.24. The van der Waals surface area contributed by atoms with Crippen LogP contribution in [0.5, 0.6) is 0 Å². The second-order valence-corrected chi connectivity index (χ2v) is 3.97. The zero-order valence-corrected chi connectivity index (χ0v) is 9.99. The highest BCUT2D eigenvalue weighted by Gasteiger charge is 2.19. The van der Waals surface area contributed by atoms with Crippen LogP contribution in [0, 0.1) is 10.1 Å². The number of rotatable bonds is 4. The van der Waals surface area contributed by atoms with Crippen molar-refractivity contribution in [2.75, 3.05) is 25.1 Å². The minimum absolute atomic E-state index is 0.103. The number of aliphatic hydroxyl groups is 1. The second kappa shape index (κ2) is 5.34. The first-order valence-electron chi connectivity index (χ1n) is 4.42. The Kier molecular flexibility index (Phi) is 4.35. The Labute approximate surface area is 102 Å². The minimum Gasteiger partial charge on any atom is -0.395 e. The molecule has 0 saturated carbocycles. The highest BCUT2D eigenvalue weighted by Crippen LogP contribution is 2.35. The predicted molar refractivity (Wildman–Crippen MR) is 63.5 cm³/mol. The molecular formula is C9H10Cl2N2O3. The van der Waals surface area contributed by atoms with E-state index in [0.29, 0.717) is 5.69 Å². The molecule has 0 atom stereocenters. The zero-order chi connectivity index (χ0) is 12.3. The van der Waals surface area contributed by atoms with E-state index in [1.807, 2.05) is 0 Å². The third-order valence-electron chi connectivity index (χ3n) is 2.06. The topological polar surface area (TPSA) is 66.6 Å². The molecule has 5 nitrogen and oxygen atoms in total. The van der Waals surface area contributed by atoms with Gasteiger partial charge in [0.15, 0.2) is 0 Å². The third-order valence-corrected chi connectivity index (χ3v) is 2.78. The molecule has 0 fully saturated rings. The lowest BCUT2D eigenvalue weighted by Crippen LogP contribution is -2.22. The van der Waals surface area contributed by atoms with Crippen molar-refractivity contribution < 1.29 is 10.0 Å². The van der Waals surface area contributed by atoms with E-state index in [-0.39, 0.29) is 28.9 Å². The Hall–Kier alpha value is -1.04. The van der Waals surface area contributed by atoms with E-state index in [0.717, 1.165) is 0 Å². The fourth-order valence-corrected chi connectivity index (χ4v) is 1.56. The number of hydrogen-bond donors (Lipinski definition) is 1.